The van der Waals surface area contributed by atoms with E-state index in [0.717, 1.165) is 30.0 Å². The third-order valence-corrected chi connectivity index (χ3v) is 2.83. The molecule has 15 heavy (non-hydrogen) atoms. The average Bonchev–Trinajstić information content (AvgIpc) is 2.27. The van der Waals surface area contributed by atoms with E-state index in [-0.39, 0.29) is 6.04 Å². The van der Waals surface area contributed by atoms with E-state index in [1.165, 1.54) is 0 Å². The molecule has 0 amide bonds. The second-order valence-corrected chi connectivity index (χ2v) is 4.26. The van der Waals surface area contributed by atoms with Crippen LogP contribution in [0.2, 0.25) is 0 Å². The van der Waals surface area contributed by atoms with Gasteiger partial charge in [0.05, 0.1) is 24.6 Å². The topological polar surface area (TPSA) is 61.0 Å². The van der Waals surface area contributed by atoms with E-state index < -0.39 is 0 Å². The number of fused-ring (bicyclic) bond motifs is 1. The maximum Gasteiger partial charge on any atom is 0.116 e. The van der Waals surface area contributed by atoms with Crippen LogP contribution in [0.1, 0.15) is 36.8 Å². The van der Waals surface area contributed by atoms with Crippen molar-refractivity contribution in [2.24, 2.45) is 11.7 Å². The largest absolute Gasteiger partial charge is 0.376 e. The summed E-state index contributed by atoms with van der Waals surface area (Å²) >= 11 is 0. The number of hydrogen-bond acceptors (Lipinski definition) is 4. The standard InChI is InChI=1S/C11H17N3O/c1-7(2)10(12)11-8-5-15-4-3-9(8)13-6-14-11/h6-7,10H,3-5,12H2,1-2H3. The molecule has 0 spiro atoms. The molecule has 0 saturated heterocycles. The highest BCUT2D eigenvalue weighted by atomic mass is 16.5. The molecule has 1 aliphatic heterocycles. The molecule has 0 fully saturated rings. The molecule has 1 atom stereocenters. The first kappa shape index (κ1) is 10.5. The van der Waals surface area contributed by atoms with E-state index >= 15 is 0 Å². The Kier molecular flexibility index (Phi) is 2.98. The second-order valence-electron chi connectivity index (χ2n) is 4.26. The van der Waals surface area contributed by atoms with Gasteiger partial charge in [0.2, 0.25) is 0 Å². The molecule has 82 valence electrons. The van der Waals surface area contributed by atoms with Crippen molar-refractivity contribution < 1.29 is 4.74 Å². The minimum atomic E-state index is -0.0246. The Morgan fingerprint density at radius 3 is 2.93 bits per heavy atom. The maximum absolute atomic E-state index is 6.12. The van der Waals surface area contributed by atoms with Gasteiger partial charge in [-0.25, -0.2) is 9.97 Å². The van der Waals surface area contributed by atoms with E-state index in [1.54, 1.807) is 6.33 Å². The van der Waals surface area contributed by atoms with Crippen molar-refractivity contribution in [1.82, 2.24) is 9.97 Å². The first-order chi connectivity index (χ1) is 7.20. The lowest BCUT2D eigenvalue weighted by Crippen LogP contribution is -2.24. The van der Waals surface area contributed by atoms with Gasteiger partial charge in [-0.3, -0.25) is 0 Å². The van der Waals surface area contributed by atoms with E-state index in [2.05, 4.69) is 23.8 Å². The summed E-state index contributed by atoms with van der Waals surface area (Å²) in [5.41, 5.74) is 9.27. The smallest absolute Gasteiger partial charge is 0.116 e. The SMILES string of the molecule is CC(C)C(N)c1ncnc2c1COCC2. The van der Waals surface area contributed by atoms with Gasteiger partial charge in [-0.05, 0) is 5.92 Å². The number of rotatable bonds is 2. The van der Waals surface area contributed by atoms with E-state index in [4.69, 9.17) is 10.5 Å². The monoisotopic (exact) mass is 207 g/mol. The molecule has 1 aromatic rings. The summed E-state index contributed by atoms with van der Waals surface area (Å²) in [5, 5.41) is 0. The molecular weight excluding hydrogens is 190 g/mol. The van der Waals surface area contributed by atoms with Crippen molar-refractivity contribution in [3.8, 4) is 0 Å². The number of nitrogens with two attached hydrogens (primary N) is 1. The molecule has 1 unspecified atom stereocenters. The highest BCUT2D eigenvalue weighted by Gasteiger charge is 2.21. The lowest BCUT2D eigenvalue weighted by molar-refractivity contribution is 0.107. The summed E-state index contributed by atoms with van der Waals surface area (Å²) in [4.78, 5) is 8.57. The van der Waals surface area contributed by atoms with Crippen molar-refractivity contribution in [3.63, 3.8) is 0 Å². The van der Waals surface area contributed by atoms with Crippen LogP contribution in [0.5, 0.6) is 0 Å². The van der Waals surface area contributed by atoms with Crippen molar-refractivity contribution in [1.29, 1.82) is 0 Å². The Bertz CT molecular complexity index is 352. The molecule has 1 aliphatic rings. The molecule has 2 heterocycles. The highest BCUT2D eigenvalue weighted by molar-refractivity contribution is 5.28. The van der Waals surface area contributed by atoms with E-state index in [0.29, 0.717) is 12.5 Å². The molecule has 2 N–H and O–H groups in total. The third kappa shape index (κ3) is 2.01. The van der Waals surface area contributed by atoms with Gasteiger partial charge in [-0.2, -0.15) is 0 Å². The summed E-state index contributed by atoms with van der Waals surface area (Å²) in [6.45, 7) is 5.55. The Balaban J connectivity index is 2.39. The molecular formula is C11H17N3O. The Morgan fingerprint density at radius 2 is 2.20 bits per heavy atom. The van der Waals surface area contributed by atoms with Gasteiger partial charge in [0.1, 0.15) is 6.33 Å². The number of hydrogen-bond donors (Lipinski definition) is 1. The maximum atomic E-state index is 6.12. The summed E-state index contributed by atoms with van der Waals surface area (Å²) in [6, 6.07) is -0.0246. The van der Waals surface area contributed by atoms with Crippen LogP contribution in [0.15, 0.2) is 6.33 Å². The summed E-state index contributed by atoms with van der Waals surface area (Å²) in [6.07, 6.45) is 2.48. The van der Waals surface area contributed by atoms with Crippen molar-refractivity contribution in [2.45, 2.75) is 32.9 Å². The third-order valence-electron chi connectivity index (χ3n) is 2.83. The Labute approximate surface area is 89.9 Å². The van der Waals surface area contributed by atoms with E-state index in [1.807, 2.05) is 0 Å². The van der Waals surface area contributed by atoms with Crippen molar-refractivity contribution >= 4 is 0 Å². The fourth-order valence-electron chi connectivity index (χ4n) is 1.78. The fourth-order valence-corrected chi connectivity index (χ4v) is 1.78. The predicted molar refractivity (Wildman–Crippen MR) is 57.2 cm³/mol. The van der Waals surface area contributed by atoms with Crippen LogP contribution in [0.4, 0.5) is 0 Å². The quantitative estimate of drug-likeness (QED) is 0.791. The average molecular weight is 207 g/mol. The first-order valence-electron chi connectivity index (χ1n) is 5.36. The summed E-state index contributed by atoms with van der Waals surface area (Å²) in [5.74, 6) is 0.380. The lowest BCUT2D eigenvalue weighted by atomic mass is 9.96. The van der Waals surface area contributed by atoms with E-state index in [9.17, 15) is 0 Å². The zero-order chi connectivity index (χ0) is 10.8. The van der Waals surface area contributed by atoms with Gasteiger partial charge >= 0.3 is 0 Å². The molecule has 0 radical (unpaired) electrons. The van der Waals surface area contributed by atoms with Gasteiger partial charge < -0.3 is 10.5 Å². The lowest BCUT2D eigenvalue weighted by Gasteiger charge is -2.22. The van der Waals surface area contributed by atoms with Crippen LogP contribution >= 0.6 is 0 Å². The normalized spacial score (nSPS) is 17.6. The summed E-state index contributed by atoms with van der Waals surface area (Å²) < 4.78 is 5.43. The van der Waals surface area contributed by atoms with Gasteiger partial charge in [0.15, 0.2) is 0 Å². The second kappa shape index (κ2) is 4.24. The first-order valence-corrected chi connectivity index (χ1v) is 5.36. The fraction of sp³-hybridized carbons (Fsp3) is 0.636. The number of ether oxygens (including phenoxy) is 1. The molecule has 0 aromatic carbocycles. The van der Waals surface area contributed by atoms with Gasteiger partial charge in [-0.1, -0.05) is 13.8 Å². The molecule has 1 aromatic heterocycles. The van der Waals surface area contributed by atoms with Gasteiger partial charge in [0.25, 0.3) is 0 Å². The minimum absolute atomic E-state index is 0.0246. The van der Waals surface area contributed by atoms with Crippen LogP contribution in [-0.4, -0.2) is 16.6 Å². The van der Waals surface area contributed by atoms with Crippen molar-refractivity contribution in [2.75, 3.05) is 6.61 Å². The zero-order valence-electron chi connectivity index (χ0n) is 9.23. The van der Waals surface area contributed by atoms with Crippen LogP contribution in [0, 0.1) is 5.92 Å². The molecule has 0 saturated carbocycles. The van der Waals surface area contributed by atoms with Gasteiger partial charge in [-0.15, -0.1) is 0 Å². The van der Waals surface area contributed by atoms with Crippen LogP contribution in [0.3, 0.4) is 0 Å². The highest BCUT2D eigenvalue weighted by Crippen LogP contribution is 2.24. The molecule has 0 aliphatic carbocycles. The molecule has 2 rings (SSSR count). The Hall–Kier alpha value is -1.00. The molecule has 4 nitrogen and oxygen atoms in total. The Morgan fingerprint density at radius 1 is 1.40 bits per heavy atom. The van der Waals surface area contributed by atoms with Gasteiger partial charge in [0, 0.05) is 18.0 Å². The summed E-state index contributed by atoms with van der Waals surface area (Å²) in [7, 11) is 0. The molecule has 0 bridgehead atoms. The number of aromatic nitrogens is 2. The number of nitrogens with zero attached hydrogens (tertiary/aromatic N) is 2. The predicted octanol–water partition coefficient (Wildman–Crippen LogP) is 1.21. The zero-order valence-corrected chi connectivity index (χ0v) is 9.23. The van der Waals surface area contributed by atoms with Crippen LogP contribution in [-0.2, 0) is 17.8 Å². The van der Waals surface area contributed by atoms with Crippen molar-refractivity contribution in [3.05, 3.63) is 23.3 Å². The molecule has 4 heteroatoms. The minimum Gasteiger partial charge on any atom is -0.376 e. The van der Waals surface area contributed by atoms with Crippen LogP contribution < -0.4 is 5.73 Å². The van der Waals surface area contributed by atoms with Crippen LogP contribution in [0.25, 0.3) is 0 Å².